The summed E-state index contributed by atoms with van der Waals surface area (Å²) in [6.45, 7) is 3.69. The van der Waals surface area contributed by atoms with E-state index in [-0.39, 0.29) is 28.4 Å². The summed E-state index contributed by atoms with van der Waals surface area (Å²) >= 11 is 0. The summed E-state index contributed by atoms with van der Waals surface area (Å²) < 4.78 is 33.5. The summed E-state index contributed by atoms with van der Waals surface area (Å²) in [7, 11) is -3.79. The molecule has 1 aliphatic heterocycles. The fourth-order valence-corrected chi connectivity index (χ4v) is 5.44. The van der Waals surface area contributed by atoms with Crippen LogP contribution in [0.3, 0.4) is 0 Å². The first-order valence-corrected chi connectivity index (χ1v) is 10.9. The van der Waals surface area contributed by atoms with Crippen molar-refractivity contribution >= 4 is 21.6 Å². The number of nitrogens with one attached hydrogen (secondary N) is 1. The number of furan rings is 1. The molecule has 0 unspecified atom stereocenters. The maximum absolute atomic E-state index is 13.4. The number of amides is 1. The Hall–Kier alpha value is -3.06. The van der Waals surface area contributed by atoms with Gasteiger partial charge in [0.05, 0.1) is 22.9 Å². The molecule has 7 heteroatoms. The minimum absolute atomic E-state index is 0.0966. The molecule has 1 aliphatic rings. The van der Waals surface area contributed by atoms with Crippen LogP contribution in [0.5, 0.6) is 0 Å². The average Bonchev–Trinajstić information content (AvgIpc) is 3.35. The van der Waals surface area contributed by atoms with Crippen molar-refractivity contribution in [2.75, 3.05) is 4.31 Å². The normalized spacial score (nSPS) is 17.0. The largest absolute Gasteiger partial charge is 0.467 e. The smallest absolute Gasteiger partial charge is 0.264 e. The fourth-order valence-electron chi connectivity index (χ4n) is 3.70. The molecule has 2 heterocycles. The van der Waals surface area contributed by atoms with E-state index in [9.17, 15) is 13.2 Å². The van der Waals surface area contributed by atoms with E-state index in [0.717, 1.165) is 5.56 Å². The molecular formula is C22H22N2O4S. The Bertz CT molecular complexity index is 1140. The van der Waals surface area contributed by atoms with E-state index in [2.05, 4.69) is 5.32 Å². The van der Waals surface area contributed by atoms with E-state index in [1.807, 2.05) is 31.2 Å². The second-order valence-electron chi connectivity index (χ2n) is 7.22. The molecule has 1 amide bonds. The van der Waals surface area contributed by atoms with Crippen molar-refractivity contribution in [3.63, 3.8) is 0 Å². The summed E-state index contributed by atoms with van der Waals surface area (Å²) in [5.74, 6) is 0.269. The number of carbonyl (C=O) groups excluding carboxylic acids is 1. The van der Waals surface area contributed by atoms with Gasteiger partial charge in [-0.05, 0) is 62.2 Å². The number of para-hydroxylation sites is 1. The van der Waals surface area contributed by atoms with Gasteiger partial charge in [-0.25, -0.2) is 8.42 Å². The number of rotatable bonds is 5. The van der Waals surface area contributed by atoms with E-state index >= 15 is 0 Å². The third kappa shape index (κ3) is 3.53. The molecule has 1 aromatic heterocycles. The Morgan fingerprint density at radius 1 is 1.14 bits per heavy atom. The first-order chi connectivity index (χ1) is 13.9. The SMILES string of the molecule is C[C@H](NC(=O)c1cccc(S(=O)(=O)N2c3ccccc3C[C@H]2C)c1)c1ccco1. The topological polar surface area (TPSA) is 79.6 Å². The summed E-state index contributed by atoms with van der Waals surface area (Å²) in [4.78, 5) is 12.7. The molecule has 0 saturated carbocycles. The minimum Gasteiger partial charge on any atom is -0.467 e. The highest BCUT2D eigenvalue weighted by atomic mass is 32.2. The van der Waals surface area contributed by atoms with Crippen LogP contribution in [0.1, 0.15) is 41.6 Å². The lowest BCUT2D eigenvalue weighted by Gasteiger charge is -2.24. The Morgan fingerprint density at radius 2 is 1.93 bits per heavy atom. The lowest BCUT2D eigenvalue weighted by molar-refractivity contribution is 0.0935. The third-order valence-electron chi connectivity index (χ3n) is 5.12. The number of nitrogens with zero attached hydrogens (tertiary/aromatic N) is 1. The zero-order valence-electron chi connectivity index (χ0n) is 16.2. The number of carbonyl (C=O) groups is 1. The molecule has 0 spiro atoms. The molecule has 150 valence electrons. The Labute approximate surface area is 170 Å². The average molecular weight is 410 g/mol. The zero-order valence-corrected chi connectivity index (χ0v) is 17.0. The molecule has 0 fully saturated rings. The Kier molecular flexibility index (Phi) is 4.92. The van der Waals surface area contributed by atoms with Crippen molar-refractivity contribution in [2.45, 2.75) is 37.2 Å². The standard InChI is InChI=1S/C22H22N2O4S/c1-15-13-17-7-3-4-10-20(17)24(15)29(26,27)19-9-5-8-18(14-19)22(25)23-16(2)21-11-6-12-28-21/h3-12,14-16H,13H2,1-2H3,(H,23,25)/t15-,16+/m1/s1. The minimum atomic E-state index is -3.79. The molecule has 4 rings (SSSR count). The molecule has 2 aromatic carbocycles. The molecule has 0 radical (unpaired) electrons. The van der Waals surface area contributed by atoms with E-state index in [0.29, 0.717) is 17.9 Å². The van der Waals surface area contributed by atoms with Crippen molar-refractivity contribution in [1.82, 2.24) is 5.32 Å². The zero-order chi connectivity index (χ0) is 20.6. The number of hydrogen-bond donors (Lipinski definition) is 1. The first-order valence-electron chi connectivity index (χ1n) is 9.44. The highest BCUT2D eigenvalue weighted by Gasteiger charge is 2.36. The van der Waals surface area contributed by atoms with Crippen LogP contribution in [0, 0.1) is 0 Å². The van der Waals surface area contributed by atoms with Gasteiger partial charge in [-0.3, -0.25) is 9.10 Å². The summed E-state index contributed by atoms with van der Waals surface area (Å²) in [6, 6.07) is 16.7. The second-order valence-corrected chi connectivity index (χ2v) is 9.04. The number of sulfonamides is 1. The van der Waals surface area contributed by atoms with Gasteiger partial charge in [0.25, 0.3) is 15.9 Å². The van der Waals surface area contributed by atoms with Crippen LogP contribution >= 0.6 is 0 Å². The monoisotopic (exact) mass is 410 g/mol. The molecule has 0 aliphatic carbocycles. The highest BCUT2D eigenvalue weighted by Crippen LogP contribution is 2.36. The third-order valence-corrected chi connectivity index (χ3v) is 7.04. The first kappa shape index (κ1) is 19.3. The quantitative estimate of drug-likeness (QED) is 0.692. The molecule has 6 nitrogen and oxygen atoms in total. The lowest BCUT2D eigenvalue weighted by Crippen LogP contribution is -2.36. The molecule has 0 saturated heterocycles. The van der Waals surface area contributed by atoms with Crippen molar-refractivity contribution in [3.05, 3.63) is 83.8 Å². The van der Waals surface area contributed by atoms with Gasteiger partial charge < -0.3 is 9.73 Å². The molecule has 2 atom stereocenters. The predicted octanol–water partition coefficient (Wildman–Crippen LogP) is 3.91. The molecule has 3 aromatic rings. The van der Waals surface area contributed by atoms with E-state index in [1.165, 1.54) is 16.4 Å². The summed E-state index contributed by atoms with van der Waals surface area (Å²) in [5.41, 5.74) is 1.98. The van der Waals surface area contributed by atoms with Gasteiger partial charge >= 0.3 is 0 Å². The maximum Gasteiger partial charge on any atom is 0.264 e. The van der Waals surface area contributed by atoms with Crippen molar-refractivity contribution < 1.29 is 17.6 Å². The fraction of sp³-hybridized carbons (Fsp3) is 0.227. The van der Waals surface area contributed by atoms with E-state index < -0.39 is 10.0 Å². The highest BCUT2D eigenvalue weighted by molar-refractivity contribution is 7.92. The number of fused-ring (bicyclic) bond motifs is 1. The van der Waals surface area contributed by atoms with Crippen LogP contribution in [-0.2, 0) is 16.4 Å². The summed E-state index contributed by atoms with van der Waals surface area (Å²) in [6.07, 6.45) is 2.20. The lowest BCUT2D eigenvalue weighted by atomic mass is 10.1. The molecule has 1 N–H and O–H groups in total. The van der Waals surface area contributed by atoms with E-state index in [4.69, 9.17) is 4.42 Å². The van der Waals surface area contributed by atoms with Crippen LogP contribution < -0.4 is 9.62 Å². The van der Waals surface area contributed by atoms with Crippen LogP contribution in [0.25, 0.3) is 0 Å². The number of benzene rings is 2. The Balaban J connectivity index is 1.62. The van der Waals surface area contributed by atoms with Crippen molar-refractivity contribution in [2.24, 2.45) is 0 Å². The van der Waals surface area contributed by atoms with Crippen LogP contribution in [0.15, 0.2) is 76.2 Å². The van der Waals surface area contributed by atoms with Gasteiger partial charge in [-0.1, -0.05) is 24.3 Å². The molecule has 29 heavy (non-hydrogen) atoms. The number of anilines is 1. The summed E-state index contributed by atoms with van der Waals surface area (Å²) in [5, 5.41) is 2.83. The predicted molar refractivity (Wildman–Crippen MR) is 110 cm³/mol. The van der Waals surface area contributed by atoms with Gasteiger partial charge in [-0.2, -0.15) is 0 Å². The number of hydrogen-bond acceptors (Lipinski definition) is 4. The van der Waals surface area contributed by atoms with Crippen LogP contribution in [0.2, 0.25) is 0 Å². The van der Waals surface area contributed by atoms with E-state index in [1.54, 1.807) is 37.5 Å². The van der Waals surface area contributed by atoms with Gasteiger partial charge in [0.2, 0.25) is 0 Å². The van der Waals surface area contributed by atoms with Gasteiger partial charge in [-0.15, -0.1) is 0 Å². The van der Waals surface area contributed by atoms with Crippen molar-refractivity contribution in [1.29, 1.82) is 0 Å². The van der Waals surface area contributed by atoms with Crippen LogP contribution in [-0.4, -0.2) is 20.4 Å². The molecular weight excluding hydrogens is 388 g/mol. The maximum atomic E-state index is 13.4. The van der Waals surface area contributed by atoms with Gasteiger partial charge in [0.15, 0.2) is 0 Å². The molecule has 0 bridgehead atoms. The van der Waals surface area contributed by atoms with Gasteiger partial charge in [0, 0.05) is 11.6 Å². The van der Waals surface area contributed by atoms with Crippen LogP contribution in [0.4, 0.5) is 5.69 Å². The van der Waals surface area contributed by atoms with Gasteiger partial charge in [0.1, 0.15) is 5.76 Å². The second kappa shape index (κ2) is 7.40. The van der Waals surface area contributed by atoms with Crippen molar-refractivity contribution in [3.8, 4) is 0 Å². The Morgan fingerprint density at radius 3 is 2.69 bits per heavy atom.